The summed E-state index contributed by atoms with van der Waals surface area (Å²) in [5.74, 6) is 1.93. The Kier molecular flexibility index (Phi) is 2.46. The summed E-state index contributed by atoms with van der Waals surface area (Å²) in [7, 11) is 0. The predicted octanol–water partition coefficient (Wildman–Crippen LogP) is 1.46. The minimum atomic E-state index is 0.729. The molecule has 0 fully saturated rings. The van der Waals surface area contributed by atoms with Crippen molar-refractivity contribution in [1.82, 2.24) is 19.6 Å². The van der Waals surface area contributed by atoms with E-state index in [1.165, 1.54) is 23.5 Å². The van der Waals surface area contributed by atoms with E-state index in [0.29, 0.717) is 0 Å². The summed E-state index contributed by atoms with van der Waals surface area (Å²) in [5.41, 5.74) is 2.58. The molecular weight excluding hydrogens is 214 g/mol. The monoisotopic (exact) mass is 231 g/mol. The average Bonchev–Trinajstić information content (AvgIpc) is 2.96. The van der Waals surface area contributed by atoms with Crippen LogP contribution in [-0.2, 0) is 12.8 Å². The highest BCUT2D eigenvalue weighted by atomic mass is 15.4. The van der Waals surface area contributed by atoms with Crippen LogP contribution in [0.4, 0.5) is 5.82 Å². The first-order chi connectivity index (χ1) is 8.35. The van der Waals surface area contributed by atoms with Crippen LogP contribution in [0.15, 0.2) is 6.33 Å². The minimum absolute atomic E-state index is 0.729. The van der Waals surface area contributed by atoms with Crippen LogP contribution in [0.2, 0.25) is 0 Å². The van der Waals surface area contributed by atoms with Gasteiger partial charge in [0.1, 0.15) is 12.1 Å². The molecule has 2 aromatic heterocycles. The van der Waals surface area contributed by atoms with E-state index in [-0.39, 0.29) is 0 Å². The first-order valence-electron chi connectivity index (χ1n) is 6.31. The van der Waals surface area contributed by atoms with Gasteiger partial charge < -0.3 is 4.90 Å². The van der Waals surface area contributed by atoms with E-state index in [1.807, 2.05) is 4.52 Å². The first kappa shape index (κ1) is 10.5. The normalized spacial score (nSPS) is 14.2. The Bertz CT molecular complexity index is 541. The molecule has 5 nitrogen and oxygen atoms in total. The Morgan fingerprint density at radius 2 is 2.12 bits per heavy atom. The summed E-state index contributed by atoms with van der Waals surface area (Å²) >= 11 is 0. The number of fused-ring (bicyclic) bond motifs is 2. The Hall–Kier alpha value is -1.65. The summed E-state index contributed by atoms with van der Waals surface area (Å²) < 4.78 is 1.89. The van der Waals surface area contributed by atoms with Crippen LogP contribution in [0.25, 0.3) is 5.78 Å². The molecule has 0 spiro atoms. The molecule has 3 rings (SSSR count). The topological polar surface area (TPSA) is 46.3 Å². The van der Waals surface area contributed by atoms with Crippen LogP contribution in [0.1, 0.15) is 31.5 Å². The van der Waals surface area contributed by atoms with E-state index in [0.717, 1.165) is 31.7 Å². The lowest BCUT2D eigenvalue weighted by Gasteiger charge is -2.23. The molecule has 5 heteroatoms. The molecule has 0 aliphatic heterocycles. The van der Waals surface area contributed by atoms with Gasteiger partial charge in [-0.2, -0.15) is 14.6 Å². The summed E-state index contributed by atoms with van der Waals surface area (Å²) in [6.07, 6.45) is 4.98. The highest BCUT2D eigenvalue weighted by molar-refractivity contribution is 5.56. The maximum atomic E-state index is 4.59. The van der Waals surface area contributed by atoms with Crippen LogP contribution in [0.3, 0.4) is 0 Å². The Morgan fingerprint density at radius 3 is 2.88 bits per heavy atom. The van der Waals surface area contributed by atoms with Gasteiger partial charge in [-0.05, 0) is 33.1 Å². The molecule has 0 atom stereocenters. The van der Waals surface area contributed by atoms with Gasteiger partial charge in [0, 0.05) is 18.7 Å². The second kappa shape index (κ2) is 3.98. The van der Waals surface area contributed by atoms with E-state index in [1.54, 1.807) is 6.33 Å². The van der Waals surface area contributed by atoms with Crippen molar-refractivity contribution in [3.63, 3.8) is 0 Å². The number of aryl methyl sites for hydroxylation is 1. The van der Waals surface area contributed by atoms with Crippen molar-refractivity contribution in [3.8, 4) is 0 Å². The van der Waals surface area contributed by atoms with Gasteiger partial charge in [0.2, 0.25) is 0 Å². The SMILES string of the molecule is CCN(CC)c1c2c(nc3ncnn13)CCC2. The summed E-state index contributed by atoms with van der Waals surface area (Å²) in [5, 5.41) is 4.31. The molecule has 1 aliphatic rings. The second-order valence-electron chi connectivity index (χ2n) is 4.36. The van der Waals surface area contributed by atoms with Crippen molar-refractivity contribution < 1.29 is 0 Å². The van der Waals surface area contributed by atoms with Crippen molar-refractivity contribution in [3.05, 3.63) is 17.6 Å². The lowest BCUT2D eigenvalue weighted by Crippen LogP contribution is -2.26. The van der Waals surface area contributed by atoms with E-state index in [2.05, 4.69) is 33.8 Å². The number of anilines is 1. The molecule has 0 amide bonds. The zero-order chi connectivity index (χ0) is 11.8. The number of aromatic nitrogens is 4. The van der Waals surface area contributed by atoms with E-state index >= 15 is 0 Å². The van der Waals surface area contributed by atoms with Crippen molar-refractivity contribution in [2.75, 3.05) is 18.0 Å². The average molecular weight is 231 g/mol. The van der Waals surface area contributed by atoms with Crippen LogP contribution < -0.4 is 4.90 Å². The minimum Gasteiger partial charge on any atom is -0.357 e. The summed E-state index contributed by atoms with van der Waals surface area (Å²) in [6, 6.07) is 0. The summed E-state index contributed by atoms with van der Waals surface area (Å²) in [4.78, 5) is 11.2. The number of hydrogen-bond acceptors (Lipinski definition) is 4. The van der Waals surface area contributed by atoms with E-state index in [9.17, 15) is 0 Å². The molecule has 0 aromatic carbocycles. The maximum absolute atomic E-state index is 4.59. The van der Waals surface area contributed by atoms with E-state index < -0.39 is 0 Å². The third-order valence-corrected chi connectivity index (χ3v) is 3.49. The molecule has 0 N–H and O–H groups in total. The van der Waals surface area contributed by atoms with Gasteiger partial charge in [-0.1, -0.05) is 0 Å². The second-order valence-corrected chi connectivity index (χ2v) is 4.36. The van der Waals surface area contributed by atoms with Gasteiger partial charge in [0.05, 0.1) is 5.69 Å². The Morgan fingerprint density at radius 1 is 1.29 bits per heavy atom. The smallest absolute Gasteiger partial charge is 0.254 e. The lowest BCUT2D eigenvalue weighted by molar-refractivity contribution is 0.786. The zero-order valence-corrected chi connectivity index (χ0v) is 10.3. The molecule has 0 unspecified atom stereocenters. The quantitative estimate of drug-likeness (QED) is 0.802. The fourth-order valence-corrected chi connectivity index (χ4v) is 2.65. The summed E-state index contributed by atoms with van der Waals surface area (Å²) in [6.45, 7) is 6.33. The third-order valence-electron chi connectivity index (χ3n) is 3.49. The molecular formula is C12H17N5. The first-order valence-corrected chi connectivity index (χ1v) is 6.31. The van der Waals surface area contributed by atoms with Gasteiger partial charge >= 0.3 is 0 Å². The maximum Gasteiger partial charge on any atom is 0.254 e. The van der Waals surface area contributed by atoms with Gasteiger partial charge in [0.15, 0.2) is 0 Å². The molecule has 1 aliphatic carbocycles. The molecule has 0 bridgehead atoms. The van der Waals surface area contributed by atoms with Crippen LogP contribution in [-0.4, -0.2) is 32.7 Å². The molecule has 17 heavy (non-hydrogen) atoms. The third kappa shape index (κ3) is 1.49. The Labute approximate surface area is 100 Å². The van der Waals surface area contributed by atoms with Gasteiger partial charge in [0.25, 0.3) is 5.78 Å². The van der Waals surface area contributed by atoms with Crippen molar-refractivity contribution in [2.45, 2.75) is 33.1 Å². The van der Waals surface area contributed by atoms with E-state index in [4.69, 9.17) is 0 Å². The van der Waals surface area contributed by atoms with Crippen molar-refractivity contribution in [2.24, 2.45) is 0 Å². The highest BCUT2D eigenvalue weighted by Crippen LogP contribution is 2.30. The number of nitrogens with zero attached hydrogens (tertiary/aromatic N) is 5. The molecule has 2 heterocycles. The zero-order valence-electron chi connectivity index (χ0n) is 10.3. The largest absolute Gasteiger partial charge is 0.357 e. The molecule has 0 saturated heterocycles. The molecule has 2 aromatic rings. The van der Waals surface area contributed by atoms with Crippen molar-refractivity contribution >= 4 is 11.6 Å². The van der Waals surface area contributed by atoms with Gasteiger partial charge in [-0.3, -0.25) is 0 Å². The number of hydrogen-bond donors (Lipinski definition) is 0. The fourth-order valence-electron chi connectivity index (χ4n) is 2.65. The predicted molar refractivity (Wildman–Crippen MR) is 66.4 cm³/mol. The Balaban J connectivity index is 2.28. The standard InChI is InChI=1S/C12H17N5/c1-3-16(4-2)11-9-6-5-7-10(9)15-12-13-8-14-17(11)12/h8H,3-7H2,1-2H3. The molecule has 90 valence electrons. The molecule has 0 radical (unpaired) electrons. The number of rotatable bonds is 3. The van der Waals surface area contributed by atoms with Crippen LogP contribution in [0, 0.1) is 0 Å². The van der Waals surface area contributed by atoms with Gasteiger partial charge in [-0.25, -0.2) is 4.98 Å². The van der Waals surface area contributed by atoms with Crippen LogP contribution >= 0.6 is 0 Å². The fraction of sp³-hybridized carbons (Fsp3) is 0.583. The molecule has 0 saturated carbocycles. The van der Waals surface area contributed by atoms with Gasteiger partial charge in [-0.15, -0.1) is 0 Å². The highest BCUT2D eigenvalue weighted by Gasteiger charge is 2.23. The van der Waals surface area contributed by atoms with Crippen LogP contribution in [0.5, 0.6) is 0 Å². The lowest BCUT2D eigenvalue weighted by atomic mass is 10.2. The van der Waals surface area contributed by atoms with Crippen molar-refractivity contribution in [1.29, 1.82) is 0 Å².